The second-order valence-electron chi connectivity index (χ2n) is 11.1. The third-order valence-corrected chi connectivity index (χ3v) is 8.68. The Morgan fingerprint density at radius 1 is 0.848 bits per heavy atom. The summed E-state index contributed by atoms with van der Waals surface area (Å²) in [6, 6.07) is 0. The first-order valence-electron chi connectivity index (χ1n) is 14.5. The summed E-state index contributed by atoms with van der Waals surface area (Å²) in [6.45, 7) is 7.31. The molecule has 33 heavy (non-hydrogen) atoms. The van der Waals surface area contributed by atoms with Crippen molar-refractivity contribution >= 4 is 0 Å². The number of aliphatic hydroxyl groups is 1. The Balaban J connectivity index is 1.44. The van der Waals surface area contributed by atoms with Crippen LogP contribution in [0.1, 0.15) is 136 Å². The highest BCUT2D eigenvalue weighted by Crippen LogP contribution is 2.57. The van der Waals surface area contributed by atoms with Crippen molar-refractivity contribution in [1.82, 2.24) is 0 Å². The van der Waals surface area contributed by atoms with E-state index < -0.39 is 0 Å². The van der Waals surface area contributed by atoms with Crippen molar-refractivity contribution in [3.63, 3.8) is 0 Å². The van der Waals surface area contributed by atoms with Crippen LogP contribution in [-0.2, 0) is 14.2 Å². The smallest absolute Gasteiger partial charge is 0.183 e. The third-order valence-electron chi connectivity index (χ3n) is 8.68. The monoisotopic (exact) mass is 468 g/mol. The molecular weight excluding hydrogens is 412 g/mol. The molecule has 1 saturated heterocycles. The van der Waals surface area contributed by atoms with E-state index in [4.69, 9.17) is 14.2 Å². The maximum Gasteiger partial charge on any atom is 0.183 e. The van der Waals surface area contributed by atoms with Crippen LogP contribution in [0.5, 0.6) is 0 Å². The predicted octanol–water partition coefficient (Wildman–Crippen LogP) is 7.80. The highest BCUT2D eigenvalue weighted by Gasteiger charge is 2.58. The minimum Gasteiger partial charge on any atom is -0.393 e. The lowest BCUT2D eigenvalue weighted by Crippen LogP contribution is -2.49. The number of hydrogen-bond donors (Lipinski definition) is 1. The molecule has 0 aromatic carbocycles. The van der Waals surface area contributed by atoms with Crippen LogP contribution in [0.25, 0.3) is 0 Å². The molecule has 2 rings (SSSR count). The van der Waals surface area contributed by atoms with Crippen molar-refractivity contribution in [2.75, 3.05) is 13.7 Å². The Bertz CT molecular complexity index is 478. The van der Waals surface area contributed by atoms with Gasteiger partial charge in [-0.3, -0.25) is 0 Å². The number of hydrogen-bond acceptors (Lipinski definition) is 4. The molecule has 2 fully saturated rings. The van der Waals surface area contributed by atoms with E-state index in [1.54, 1.807) is 7.11 Å². The molecule has 0 bridgehead atoms. The standard InChI is InChI=1S/C29H56O4/c1-5-6-7-8-9-10-11-12-13-14-15-16-17-19-26(30)20-23-32-28(31-4)27-29(21-18-22-29)24(2)25(3)33-27/h24-28,30H,5-23H2,1-4H3. The second kappa shape index (κ2) is 16.5. The van der Waals surface area contributed by atoms with Crippen LogP contribution in [0.15, 0.2) is 0 Å². The summed E-state index contributed by atoms with van der Waals surface area (Å²) < 4.78 is 18.1. The highest BCUT2D eigenvalue weighted by molar-refractivity contribution is 5.05. The molecule has 0 aromatic rings. The molecule has 2 aliphatic rings. The lowest BCUT2D eigenvalue weighted by Gasteiger charge is -2.47. The summed E-state index contributed by atoms with van der Waals surface area (Å²) >= 11 is 0. The van der Waals surface area contributed by atoms with E-state index >= 15 is 0 Å². The van der Waals surface area contributed by atoms with Crippen molar-refractivity contribution in [3.05, 3.63) is 0 Å². The molecule has 4 nitrogen and oxygen atoms in total. The predicted molar refractivity (Wildman–Crippen MR) is 137 cm³/mol. The molecule has 1 heterocycles. The van der Waals surface area contributed by atoms with Gasteiger partial charge in [0.1, 0.15) is 6.10 Å². The molecule has 1 saturated carbocycles. The van der Waals surface area contributed by atoms with Crippen molar-refractivity contribution in [2.45, 2.75) is 161 Å². The van der Waals surface area contributed by atoms with Gasteiger partial charge in [0.2, 0.25) is 0 Å². The molecule has 5 atom stereocenters. The average molecular weight is 469 g/mol. The number of ether oxygens (including phenoxy) is 3. The van der Waals surface area contributed by atoms with Crippen LogP contribution in [0.4, 0.5) is 0 Å². The Morgan fingerprint density at radius 3 is 1.88 bits per heavy atom. The largest absolute Gasteiger partial charge is 0.393 e. The van der Waals surface area contributed by atoms with Gasteiger partial charge in [-0.1, -0.05) is 104 Å². The lowest BCUT2D eigenvalue weighted by molar-refractivity contribution is -0.220. The van der Waals surface area contributed by atoms with E-state index in [9.17, 15) is 5.11 Å². The number of aliphatic hydroxyl groups excluding tert-OH is 1. The van der Waals surface area contributed by atoms with Crippen LogP contribution >= 0.6 is 0 Å². The molecule has 1 aliphatic heterocycles. The zero-order valence-electron chi connectivity index (χ0n) is 22.5. The number of unbranched alkanes of at least 4 members (excludes halogenated alkanes) is 12. The summed E-state index contributed by atoms with van der Waals surface area (Å²) in [5.74, 6) is 0.554. The molecule has 4 heteroatoms. The van der Waals surface area contributed by atoms with Gasteiger partial charge in [-0.2, -0.15) is 0 Å². The molecular formula is C29H56O4. The molecule has 1 spiro atoms. The number of methoxy groups -OCH3 is 1. The fourth-order valence-electron chi connectivity index (χ4n) is 6.01. The van der Waals surface area contributed by atoms with Gasteiger partial charge < -0.3 is 19.3 Å². The topological polar surface area (TPSA) is 47.9 Å². The van der Waals surface area contributed by atoms with Crippen LogP contribution < -0.4 is 0 Å². The minimum atomic E-state index is -0.318. The van der Waals surface area contributed by atoms with Crippen LogP contribution in [0.2, 0.25) is 0 Å². The second-order valence-corrected chi connectivity index (χ2v) is 11.1. The van der Waals surface area contributed by atoms with Crippen LogP contribution in [-0.4, -0.2) is 43.4 Å². The Labute approximate surface area is 205 Å². The van der Waals surface area contributed by atoms with Crippen molar-refractivity contribution in [3.8, 4) is 0 Å². The first kappa shape index (κ1) is 29.1. The van der Waals surface area contributed by atoms with Crippen LogP contribution in [0, 0.1) is 11.3 Å². The van der Waals surface area contributed by atoms with E-state index in [0.29, 0.717) is 18.9 Å². The van der Waals surface area contributed by atoms with Gasteiger partial charge >= 0.3 is 0 Å². The van der Waals surface area contributed by atoms with Crippen molar-refractivity contribution in [2.24, 2.45) is 11.3 Å². The van der Waals surface area contributed by atoms with Gasteiger partial charge in [0, 0.05) is 12.5 Å². The number of rotatable bonds is 20. The summed E-state index contributed by atoms with van der Waals surface area (Å²) in [4.78, 5) is 0. The van der Waals surface area contributed by atoms with Gasteiger partial charge in [-0.25, -0.2) is 0 Å². The Kier molecular flexibility index (Phi) is 14.5. The SMILES string of the molecule is CCCCCCCCCCCCCCCC(O)CCOC(OC)C1OC(C)C(C)C12CCC2. The summed E-state index contributed by atoms with van der Waals surface area (Å²) in [5.41, 5.74) is 0.230. The zero-order chi connectivity index (χ0) is 23.9. The fourth-order valence-corrected chi connectivity index (χ4v) is 6.01. The van der Waals surface area contributed by atoms with E-state index in [-0.39, 0.29) is 30.0 Å². The van der Waals surface area contributed by atoms with Gasteiger partial charge in [-0.05, 0) is 38.5 Å². The van der Waals surface area contributed by atoms with E-state index in [1.165, 1.54) is 96.3 Å². The zero-order valence-corrected chi connectivity index (χ0v) is 22.5. The van der Waals surface area contributed by atoms with Gasteiger partial charge in [0.15, 0.2) is 6.29 Å². The molecule has 0 radical (unpaired) electrons. The van der Waals surface area contributed by atoms with Gasteiger partial charge in [0.25, 0.3) is 0 Å². The van der Waals surface area contributed by atoms with Crippen molar-refractivity contribution in [1.29, 1.82) is 0 Å². The van der Waals surface area contributed by atoms with Gasteiger partial charge in [-0.15, -0.1) is 0 Å². The van der Waals surface area contributed by atoms with Crippen molar-refractivity contribution < 1.29 is 19.3 Å². The molecule has 1 aliphatic carbocycles. The van der Waals surface area contributed by atoms with E-state index in [2.05, 4.69) is 20.8 Å². The summed E-state index contributed by atoms with van der Waals surface area (Å²) in [5, 5.41) is 10.4. The average Bonchev–Trinajstić information content (AvgIpc) is 3.05. The third kappa shape index (κ3) is 9.43. The molecule has 0 aromatic heterocycles. The van der Waals surface area contributed by atoms with Crippen LogP contribution in [0.3, 0.4) is 0 Å². The first-order chi connectivity index (χ1) is 16.0. The molecule has 5 unspecified atom stereocenters. The molecule has 0 amide bonds. The highest BCUT2D eigenvalue weighted by atomic mass is 16.7. The summed E-state index contributed by atoms with van der Waals surface area (Å²) in [7, 11) is 1.72. The molecule has 196 valence electrons. The normalized spacial score (nSPS) is 25.9. The van der Waals surface area contributed by atoms with E-state index in [1.807, 2.05) is 0 Å². The van der Waals surface area contributed by atoms with E-state index in [0.717, 1.165) is 12.8 Å². The summed E-state index contributed by atoms with van der Waals surface area (Å²) in [6.07, 6.45) is 22.7. The maximum atomic E-state index is 10.4. The first-order valence-corrected chi connectivity index (χ1v) is 14.5. The minimum absolute atomic E-state index is 0.0273. The quantitative estimate of drug-likeness (QED) is 0.146. The Hall–Kier alpha value is -0.160. The Morgan fingerprint density at radius 2 is 1.39 bits per heavy atom. The fraction of sp³-hybridized carbons (Fsp3) is 1.00. The lowest BCUT2D eigenvalue weighted by atomic mass is 9.59. The molecule has 1 N–H and O–H groups in total. The van der Waals surface area contributed by atoms with Gasteiger partial charge in [0.05, 0.1) is 18.8 Å². The maximum absolute atomic E-state index is 10.4.